The molecule has 0 radical (unpaired) electrons. The molecule has 0 fully saturated rings. The second-order valence-electron chi connectivity index (χ2n) is 7.14. The van der Waals surface area contributed by atoms with Crippen molar-refractivity contribution in [1.29, 1.82) is 0 Å². The Bertz CT molecular complexity index is 1260. The summed E-state index contributed by atoms with van der Waals surface area (Å²) in [5, 5.41) is 5.44. The summed E-state index contributed by atoms with van der Waals surface area (Å²) in [6.45, 7) is 5.63. The van der Waals surface area contributed by atoms with Gasteiger partial charge in [-0.1, -0.05) is 42.5 Å². The van der Waals surface area contributed by atoms with E-state index in [1.54, 1.807) is 6.92 Å². The zero-order chi connectivity index (χ0) is 20.5. The van der Waals surface area contributed by atoms with Crippen molar-refractivity contribution in [1.82, 2.24) is 9.55 Å². The largest absolute Gasteiger partial charge is 0.324 e. The van der Waals surface area contributed by atoms with E-state index in [4.69, 9.17) is 0 Å². The van der Waals surface area contributed by atoms with Gasteiger partial charge in [-0.05, 0) is 43.5 Å². The maximum absolute atomic E-state index is 13.3. The highest BCUT2D eigenvalue weighted by Gasteiger charge is 2.20. The standard InChI is InChI=1S/C23H21N3O2S/c1-14-9-10-15(2)19(11-14)25-21(27)16(3)26-13-24-22-20(23(26)28)18(12-29-22)17-7-5-4-6-8-17/h4-13,16H,1-3H3,(H,25,27)/t16-/m1/s1. The fraction of sp³-hybridized carbons (Fsp3) is 0.174. The summed E-state index contributed by atoms with van der Waals surface area (Å²) >= 11 is 1.43. The Balaban J connectivity index is 1.72. The molecule has 0 unspecified atom stereocenters. The van der Waals surface area contributed by atoms with Crippen LogP contribution in [0.2, 0.25) is 0 Å². The van der Waals surface area contributed by atoms with Crippen molar-refractivity contribution >= 4 is 33.1 Å². The van der Waals surface area contributed by atoms with Gasteiger partial charge in [-0.15, -0.1) is 11.3 Å². The molecule has 0 aliphatic heterocycles. The predicted molar refractivity (Wildman–Crippen MR) is 119 cm³/mol. The zero-order valence-electron chi connectivity index (χ0n) is 16.5. The monoisotopic (exact) mass is 403 g/mol. The molecular weight excluding hydrogens is 382 g/mol. The van der Waals surface area contributed by atoms with Crippen molar-refractivity contribution in [2.45, 2.75) is 26.8 Å². The van der Waals surface area contributed by atoms with Crippen LogP contribution in [0.25, 0.3) is 21.3 Å². The highest BCUT2D eigenvalue weighted by molar-refractivity contribution is 7.17. The van der Waals surface area contributed by atoms with E-state index in [0.717, 1.165) is 27.9 Å². The van der Waals surface area contributed by atoms with Crippen molar-refractivity contribution in [3.63, 3.8) is 0 Å². The third-order valence-corrected chi connectivity index (χ3v) is 5.94. The quantitative estimate of drug-likeness (QED) is 0.525. The molecule has 2 aromatic heterocycles. The molecule has 1 atom stereocenters. The Morgan fingerprint density at radius 1 is 1.14 bits per heavy atom. The second kappa shape index (κ2) is 7.64. The lowest BCUT2D eigenvalue weighted by Crippen LogP contribution is -2.31. The molecule has 0 saturated carbocycles. The molecule has 29 heavy (non-hydrogen) atoms. The Morgan fingerprint density at radius 2 is 1.90 bits per heavy atom. The van der Waals surface area contributed by atoms with E-state index < -0.39 is 6.04 Å². The molecular formula is C23H21N3O2S. The molecule has 4 aromatic rings. The van der Waals surface area contributed by atoms with E-state index >= 15 is 0 Å². The number of anilines is 1. The van der Waals surface area contributed by atoms with Gasteiger partial charge in [-0.3, -0.25) is 14.2 Å². The van der Waals surface area contributed by atoms with E-state index in [-0.39, 0.29) is 11.5 Å². The summed E-state index contributed by atoms with van der Waals surface area (Å²) in [5.41, 5.74) is 4.39. The van der Waals surface area contributed by atoms with Crippen molar-refractivity contribution < 1.29 is 4.79 Å². The lowest BCUT2D eigenvalue weighted by Gasteiger charge is -2.16. The van der Waals surface area contributed by atoms with Crippen LogP contribution in [0.3, 0.4) is 0 Å². The number of amides is 1. The summed E-state index contributed by atoms with van der Waals surface area (Å²) in [6.07, 6.45) is 1.46. The molecule has 1 amide bonds. The first-order valence-electron chi connectivity index (χ1n) is 9.37. The molecule has 2 heterocycles. The number of benzene rings is 2. The summed E-state index contributed by atoms with van der Waals surface area (Å²) in [4.78, 5) is 31.2. The Kier molecular flexibility index (Phi) is 5.03. The van der Waals surface area contributed by atoms with Gasteiger partial charge in [-0.25, -0.2) is 4.98 Å². The Morgan fingerprint density at radius 3 is 2.66 bits per heavy atom. The van der Waals surface area contributed by atoms with Gasteiger partial charge in [0.1, 0.15) is 10.9 Å². The van der Waals surface area contributed by atoms with Crippen LogP contribution in [0.5, 0.6) is 0 Å². The fourth-order valence-electron chi connectivity index (χ4n) is 3.29. The number of nitrogens with one attached hydrogen (secondary N) is 1. The summed E-state index contributed by atoms with van der Waals surface area (Å²) in [5.74, 6) is -0.251. The van der Waals surface area contributed by atoms with Gasteiger partial charge in [0.25, 0.3) is 5.56 Å². The van der Waals surface area contributed by atoms with Crippen molar-refractivity contribution in [3.8, 4) is 11.1 Å². The summed E-state index contributed by atoms with van der Waals surface area (Å²) in [6, 6.07) is 14.9. The predicted octanol–water partition coefficient (Wildman–Crippen LogP) is 4.94. The first kappa shape index (κ1) is 19.1. The number of hydrogen-bond donors (Lipinski definition) is 1. The van der Waals surface area contributed by atoms with Gasteiger partial charge in [0, 0.05) is 16.6 Å². The van der Waals surface area contributed by atoms with Crippen LogP contribution >= 0.6 is 11.3 Å². The van der Waals surface area contributed by atoms with Crippen LogP contribution in [0.1, 0.15) is 24.1 Å². The number of rotatable bonds is 4. The SMILES string of the molecule is Cc1ccc(C)c(NC(=O)[C@@H](C)n2cnc3scc(-c4ccccc4)c3c2=O)c1. The number of nitrogens with zero attached hydrogens (tertiary/aromatic N) is 2. The van der Waals surface area contributed by atoms with Crippen LogP contribution < -0.4 is 10.9 Å². The smallest absolute Gasteiger partial charge is 0.263 e. The van der Waals surface area contributed by atoms with Gasteiger partial charge < -0.3 is 5.32 Å². The summed E-state index contributed by atoms with van der Waals surface area (Å²) in [7, 11) is 0. The van der Waals surface area contributed by atoms with Gasteiger partial charge in [0.05, 0.1) is 11.7 Å². The Labute approximate surface area is 172 Å². The number of carbonyl (C=O) groups excluding carboxylic acids is 1. The maximum Gasteiger partial charge on any atom is 0.263 e. The van der Waals surface area contributed by atoms with Gasteiger partial charge in [0.2, 0.25) is 5.91 Å². The second-order valence-corrected chi connectivity index (χ2v) is 7.99. The fourth-order valence-corrected chi connectivity index (χ4v) is 4.19. The molecule has 1 N–H and O–H groups in total. The van der Waals surface area contributed by atoms with Crippen molar-refractivity contribution in [2.75, 3.05) is 5.32 Å². The number of fused-ring (bicyclic) bond motifs is 1. The number of aromatic nitrogens is 2. The molecule has 0 aliphatic rings. The molecule has 0 bridgehead atoms. The highest BCUT2D eigenvalue weighted by Crippen LogP contribution is 2.30. The van der Waals surface area contributed by atoms with Crippen LogP contribution in [-0.2, 0) is 4.79 Å². The Hall–Kier alpha value is -3.25. The zero-order valence-corrected chi connectivity index (χ0v) is 17.3. The molecule has 6 heteroatoms. The van der Waals surface area contributed by atoms with Gasteiger partial charge in [-0.2, -0.15) is 0 Å². The number of carbonyl (C=O) groups is 1. The van der Waals surface area contributed by atoms with Gasteiger partial charge >= 0.3 is 0 Å². The highest BCUT2D eigenvalue weighted by atomic mass is 32.1. The molecule has 0 spiro atoms. The van der Waals surface area contributed by atoms with E-state index in [1.807, 2.05) is 67.8 Å². The molecule has 146 valence electrons. The van der Waals surface area contributed by atoms with E-state index in [1.165, 1.54) is 22.2 Å². The molecule has 5 nitrogen and oxygen atoms in total. The van der Waals surface area contributed by atoms with Gasteiger partial charge in [0.15, 0.2) is 0 Å². The average Bonchev–Trinajstić information content (AvgIpc) is 3.16. The lowest BCUT2D eigenvalue weighted by molar-refractivity contribution is -0.118. The average molecular weight is 404 g/mol. The lowest BCUT2D eigenvalue weighted by atomic mass is 10.1. The molecule has 0 saturated heterocycles. The summed E-state index contributed by atoms with van der Waals surface area (Å²) < 4.78 is 1.40. The minimum Gasteiger partial charge on any atom is -0.324 e. The van der Waals surface area contributed by atoms with Crippen molar-refractivity contribution in [2.24, 2.45) is 0 Å². The number of hydrogen-bond acceptors (Lipinski definition) is 4. The molecule has 4 rings (SSSR count). The van der Waals surface area contributed by atoms with Crippen LogP contribution in [0.15, 0.2) is 65.0 Å². The third kappa shape index (κ3) is 3.59. The minimum atomic E-state index is -0.692. The molecule has 0 aliphatic carbocycles. The number of thiophene rings is 1. The van der Waals surface area contributed by atoms with E-state index in [9.17, 15) is 9.59 Å². The number of aryl methyl sites for hydroxylation is 2. The normalized spacial score (nSPS) is 12.1. The minimum absolute atomic E-state index is 0.210. The topological polar surface area (TPSA) is 64.0 Å². The van der Waals surface area contributed by atoms with E-state index in [0.29, 0.717) is 10.2 Å². The first-order chi connectivity index (χ1) is 14.0. The van der Waals surface area contributed by atoms with Crippen LogP contribution in [0.4, 0.5) is 5.69 Å². The van der Waals surface area contributed by atoms with E-state index in [2.05, 4.69) is 10.3 Å². The first-order valence-corrected chi connectivity index (χ1v) is 10.3. The van der Waals surface area contributed by atoms with Crippen molar-refractivity contribution in [3.05, 3.63) is 81.7 Å². The molecule has 2 aromatic carbocycles. The third-order valence-electron chi connectivity index (χ3n) is 5.05. The van der Waals surface area contributed by atoms with Crippen LogP contribution in [-0.4, -0.2) is 15.5 Å². The maximum atomic E-state index is 13.3. The van der Waals surface area contributed by atoms with Crippen LogP contribution in [0, 0.1) is 13.8 Å².